The van der Waals surface area contributed by atoms with Crippen LogP contribution in [0.1, 0.15) is 29.8 Å². The molecule has 4 heteroatoms. The lowest BCUT2D eigenvalue weighted by molar-refractivity contribution is 0.0931. The fourth-order valence-corrected chi connectivity index (χ4v) is 2.60. The molecule has 0 aliphatic rings. The first-order valence-electron chi connectivity index (χ1n) is 5.58. The molecule has 0 radical (unpaired) electrons. The highest BCUT2D eigenvalue weighted by Gasteiger charge is 2.15. The van der Waals surface area contributed by atoms with Crippen molar-refractivity contribution in [2.75, 3.05) is 5.33 Å². The molecule has 0 aromatic heterocycles. The molecule has 94 valence electrons. The first kappa shape index (κ1) is 14.7. The van der Waals surface area contributed by atoms with E-state index in [1.54, 1.807) is 0 Å². The summed E-state index contributed by atoms with van der Waals surface area (Å²) in [6.07, 6.45) is 0. The first-order valence-corrected chi connectivity index (χ1v) is 7.49. The molecule has 0 saturated heterocycles. The summed E-state index contributed by atoms with van der Waals surface area (Å²) in [6, 6.07) is 5.88. The minimum Gasteiger partial charge on any atom is -0.349 e. The van der Waals surface area contributed by atoms with Gasteiger partial charge in [-0.2, -0.15) is 0 Å². The molecule has 1 amide bonds. The normalized spacial score (nSPS) is 14.2. The molecule has 0 spiro atoms. The molecule has 0 heterocycles. The Morgan fingerprint density at radius 2 is 2.00 bits per heavy atom. The zero-order chi connectivity index (χ0) is 13.0. The number of amides is 1. The zero-order valence-corrected chi connectivity index (χ0v) is 13.4. The van der Waals surface area contributed by atoms with Crippen LogP contribution in [-0.4, -0.2) is 17.3 Å². The average molecular weight is 363 g/mol. The predicted molar refractivity (Wildman–Crippen MR) is 78.8 cm³/mol. The van der Waals surface area contributed by atoms with Crippen molar-refractivity contribution < 1.29 is 4.79 Å². The molecule has 0 aliphatic heterocycles. The number of carbonyl (C=O) groups is 1. The highest BCUT2D eigenvalue weighted by Crippen LogP contribution is 2.16. The summed E-state index contributed by atoms with van der Waals surface area (Å²) >= 11 is 6.83. The van der Waals surface area contributed by atoms with E-state index in [4.69, 9.17) is 0 Å². The maximum Gasteiger partial charge on any atom is 0.251 e. The van der Waals surface area contributed by atoms with Gasteiger partial charge >= 0.3 is 0 Å². The van der Waals surface area contributed by atoms with Crippen LogP contribution in [0.4, 0.5) is 0 Å². The lowest BCUT2D eigenvalue weighted by Crippen LogP contribution is -2.37. The van der Waals surface area contributed by atoms with Gasteiger partial charge in [-0.1, -0.05) is 38.8 Å². The molecule has 0 bridgehead atoms. The number of carbonyl (C=O) groups excluding carboxylic acids is 1. The second kappa shape index (κ2) is 6.55. The molecule has 1 aromatic carbocycles. The van der Waals surface area contributed by atoms with Crippen molar-refractivity contribution >= 4 is 37.8 Å². The van der Waals surface area contributed by atoms with E-state index in [-0.39, 0.29) is 11.9 Å². The Morgan fingerprint density at radius 1 is 1.35 bits per heavy atom. The summed E-state index contributed by atoms with van der Waals surface area (Å²) in [4.78, 5) is 12.0. The van der Waals surface area contributed by atoms with Crippen LogP contribution in [0, 0.1) is 12.8 Å². The fraction of sp³-hybridized carbons (Fsp3) is 0.462. The summed E-state index contributed by atoms with van der Waals surface area (Å²) in [7, 11) is 0. The van der Waals surface area contributed by atoms with Crippen molar-refractivity contribution in [2.45, 2.75) is 26.8 Å². The van der Waals surface area contributed by atoms with Gasteiger partial charge in [-0.3, -0.25) is 4.79 Å². The predicted octanol–water partition coefficient (Wildman–Crippen LogP) is 3.91. The number of benzene rings is 1. The Kier molecular flexibility index (Phi) is 5.67. The number of aryl methyl sites for hydroxylation is 1. The molecule has 0 fully saturated rings. The summed E-state index contributed by atoms with van der Waals surface area (Å²) < 4.78 is 0.934. The number of halogens is 2. The summed E-state index contributed by atoms with van der Waals surface area (Å²) in [5, 5.41) is 3.89. The molecule has 1 aromatic rings. The van der Waals surface area contributed by atoms with Gasteiger partial charge in [0.05, 0.1) is 0 Å². The molecule has 17 heavy (non-hydrogen) atoms. The van der Waals surface area contributed by atoms with Crippen molar-refractivity contribution in [3.63, 3.8) is 0 Å². The van der Waals surface area contributed by atoms with Gasteiger partial charge in [-0.25, -0.2) is 0 Å². The number of alkyl halides is 1. The molecular weight excluding hydrogens is 346 g/mol. The Labute approximate surface area is 119 Å². The van der Waals surface area contributed by atoms with Crippen LogP contribution in [0.3, 0.4) is 0 Å². The van der Waals surface area contributed by atoms with E-state index >= 15 is 0 Å². The van der Waals surface area contributed by atoms with Crippen molar-refractivity contribution in [1.29, 1.82) is 0 Å². The van der Waals surface area contributed by atoms with Crippen LogP contribution in [0.25, 0.3) is 0 Å². The van der Waals surface area contributed by atoms with Gasteiger partial charge in [0.1, 0.15) is 0 Å². The van der Waals surface area contributed by atoms with Gasteiger partial charge in [0, 0.05) is 21.4 Å². The van der Waals surface area contributed by atoms with Gasteiger partial charge in [0.15, 0.2) is 0 Å². The summed E-state index contributed by atoms with van der Waals surface area (Å²) in [5.74, 6) is 0.391. The van der Waals surface area contributed by atoms with E-state index in [0.29, 0.717) is 11.5 Å². The van der Waals surface area contributed by atoms with E-state index in [9.17, 15) is 4.79 Å². The van der Waals surface area contributed by atoms with Crippen molar-refractivity contribution in [1.82, 2.24) is 5.32 Å². The smallest absolute Gasteiger partial charge is 0.251 e. The lowest BCUT2D eigenvalue weighted by atomic mass is 10.1. The van der Waals surface area contributed by atoms with Crippen molar-refractivity contribution in [3.8, 4) is 0 Å². The SMILES string of the molecule is Cc1cc(Br)cc(C(=O)NC(C)C(C)CBr)c1. The van der Waals surface area contributed by atoms with Crippen LogP contribution < -0.4 is 5.32 Å². The molecule has 2 unspecified atom stereocenters. The Balaban J connectivity index is 2.76. The van der Waals surface area contributed by atoms with Crippen LogP contribution in [0.15, 0.2) is 22.7 Å². The molecule has 1 N–H and O–H groups in total. The standard InChI is InChI=1S/C13H17Br2NO/c1-8-4-11(6-12(15)5-8)13(17)16-10(3)9(2)7-14/h4-6,9-10H,7H2,1-3H3,(H,16,17). The van der Waals surface area contributed by atoms with Gasteiger partial charge < -0.3 is 5.32 Å². The third-order valence-electron chi connectivity index (χ3n) is 2.76. The lowest BCUT2D eigenvalue weighted by Gasteiger charge is -2.19. The number of nitrogens with one attached hydrogen (secondary N) is 1. The van der Waals surface area contributed by atoms with Gasteiger partial charge in [0.25, 0.3) is 5.91 Å². The second-order valence-electron chi connectivity index (χ2n) is 4.41. The third kappa shape index (κ3) is 4.43. The highest BCUT2D eigenvalue weighted by molar-refractivity contribution is 9.10. The largest absolute Gasteiger partial charge is 0.349 e. The van der Waals surface area contributed by atoms with E-state index < -0.39 is 0 Å². The Bertz CT molecular complexity index is 386. The van der Waals surface area contributed by atoms with E-state index in [1.165, 1.54) is 0 Å². The molecular formula is C13H17Br2NO. The number of rotatable bonds is 4. The summed E-state index contributed by atoms with van der Waals surface area (Å²) in [5.41, 5.74) is 1.77. The third-order valence-corrected chi connectivity index (χ3v) is 4.24. The monoisotopic (exact) mass is 361 g/mol. The van der Waals surface area contributed by atoms with E-state index in [0.717, 1.165) is 15.4 Å². The molecule has 0 aliphatic carbocycles. The van der Waals surface area contributed by atoms with Crippen molar-refractivity contribution in [2.24, 2.45) is 5.92 Å². The van der Waals surface area contributed by atoms with Gasteiger partial charge in [-0.15, -0.1) is 0 Å². The van der Waals surface area contributed by atoms with Crippen LogP contribution in [0.2, 0.25) is 0 Å². The number of hydrogen-bond acceptors (Lipinski definition) is 1. The maximum absolute atomic E-state index is 12.0. The molecule has 0 saturated carbocycles. The first-order chi connectivity index (χ1) is 7.93. The maximum atomic E-state index is 12.0. The molecule has 2 atom stereocenters. The minimum atomic E-state index is -0.0188. The fourth-order valence-electron chi connectivity index (χ4n) is 1.43. The van der Waals surface area contributed by atoms with Crippen LogP contribution in [-0.2, 0) is 0 Å². The number of hydrogen-bond donors (Lipinski definition) is 1. The topological polar surface area (TPSA) is 29.1 Å². The van der Waals surface area contributed by atoms with Crippen LogP contribution >= 0.6 is 31.9 Å². The van der Waals surface area contributed by atoms with Crippen molar-refractivity contribution in [3.05, 3.63) is 33.8 Å². The van der Waals surface area contributed by atoms with E-state index in [2.05, 4.69) is 44.1 Å². The second-order valence-corrected chi connectivity index (χ2v) is 5.97. The zero-order valence-electron chi connectivity index (χ0n) is 10.3. The Hall–Kier alpha value is -0.350. The molecule has 1 rings (SSSR count). The van der Waals surface area contributed by atoms with Crippen LogP contribution in [0.5, 0.6) is 0 Å². The Morgan fingerprint density at radius 3 is 2.53 bits per heavy atom. The van der Waals surface area contributed by atoms with E-state index in [1.807, 2.05) is 32.0 Å². The average Bonchev–Trinajstić information content (AvgIpc) is 2.26. The highest BCUT2D eigenvalue weighted by atomic mass is 79.9. The summed E-state index contributed by atoms with van der Waals surface area (Å²) in [6.45, 7) is 6.10. The quantitative estimate of drug-likeness (QED) is 0.808. The minimum absolute atomic E-state index is 0.0188. The van der Waals surface area contributed by atoms with Gasteiger partial charge in [0.2, 0.25) is 0 Å². The van der Waals surface area contributed by atoms with Gasteiger partial charge in [-0.05, 0) is 43.5 Å². The molecule has 2 nitrogen and oxygen atoms in total.